The Kier molecular flexibility index (Phi) is 5.14. The van der Waals surface area contributed by atoms with Gasteiger partial charge in [-0.1, -0.05) is 50.5 Å². The maximum Gasteiger partial charge on any atom is 0.223 e. The van der Waals surface area contributed by atoms with Crippen LogP contribution in [0.25, 0.3) is 0 Å². The summed E-state index contributed by atoms with van der Waals surface area (Å²) in [6.07, 6.45) is 6.90. The number of nitrogens with one attached hydrogen (secondary N) is 1. The molecule has 3 nitrogen and oxygen atoms in total. The molecule has 1 aromatic carbocycles. The first-order valence-corrected chi connectivity index (χ1v) is 8.87. The Morgan fingerprint density at radius 3 is 2.68 bits per heavy atom. The normalized spacial score (nSPS) is 22.4. The lowest BCUT2D eigenvalue weighted by Gasteiger charge is -2.37. The number of carbonyl (C=O) groups is 1. The topological polar surface area (TPSA) is 32.3 Å². The zero-order valence-electron chi connectivity index (χ0n) is 13.7. The monoisotopic (exact) mass is 300 g/mol. The number of hydrogen-bond acceptors (Lipinski definition) is 2. The highest BCUT2D eigenvalue weighted by Gasteiger charge is 2.28. The predicted molar refractivity (Wildman–Crippen MR) is 89.7 cm³/mol. The molecule has 1 aliphatic carbocycles. The van der Waals surface area contributed by atoms with Crippen LogP contribution in [-0.4, -0.2) is 30.4 Å². The third-order valence-corrected chi connectivity index (χ3v) is 5.33. The van der Waals surface area contributed by atoms with E-state index in [2.05, 4.69) is 41.4 Å². The van der Waals surface area contributed by atoms with Gasteiger partial charge in [-0.05, 0) is 29.9 Å². The van der Waals surface area contributed by atoms with Crippen molar-refractivity contribution >= 4 is 5.91 Å². The minimum Gasteiger partial charge on any atom is -0.333 e. The van der Waals surface area contributed by atoms with Gasteiger partial charge in [-0.2, -0.15) is 0 Å². The fraction of sp³-hybridized carbons (Fsp3) is 0.632. The summed E-state index contributed by atoms with van der Waals surface area (Å²) in [4.78, 5) is 14.8. The summed E-state index contributed by atoms with van der Waals surface area (Å²) >= 11 is 0. The van der Waals surface area contributed by atoms with E-state index in [9.17, 15) is 4.79 Å². The minimum absolute atomic E-state index is 0.202. The van der Waals surface area contributed by atoms with E-state index in [0.717, 1.165) is 44.8 Å². The summed E-state index contributed by atoms with van der Waals surface area (Å²) in [7, 11) is 0. The van der Waals surface area contributed by atoms with Gasteiger partial charge in [-0.25, -0.2) is 0 Å². The Morgan fingerprint density at radius 1 is 1.27 bits per heavy atom. The smallest absolute Gasteiger partial charge is 0.223 e. The first-order chi connectivity index (χ1) is 10.8. The zero-order chi connectivity index (χ0) is 15.4. The van der Waals surface area contributed by atoms with Crippen molar-refractivity contribution in [1.29, 1.82) is 0 Å². The molecule has 22 heavy (non-hydrogen) atoms. The van der Waals surface area contributed by atoms with E-state index in [-0.39, 0.29) is 6.04 Å². The molecular formula is C19H28N2O. The minimum atomic E-state index is 0.202. The van der Waals surface area contributed by atoms with E-state index >= 15 is 0 Å². The van der Waals surface area contributed by atoms with E-state index in [1.807, 2.05) is 0 Å². The maximum absolute atomic E-state index is 12.6. The lowest BCUT2D eigenvalue weighted by atomic mass is 9.82. The number of amides is 1. The van der Waals surface area contributed by atoms with Gasteiger partial charge in [0, 0.05) is 26.1 Å². The fourth-order valence-corrected chi connectivity index (χ4v) is 3.53. The summed E-state index contributed by atoms with van der Waals surface area (Å²) in [5.41, 5.74) is 2.62. The largest absolute Gasteiger partial charge is 0.333 e. The second-order valence-corrected chi connectivity index (χ2v) is 6.74. The number of aryl methyl sites for hydroxylation is 1. The molecule has 0 aromatic heterocycles. The molecule has 2 fully saturated rings. The van der Waals surface area contributed by atoms with Crippen molar-refractivity contribution in [3.05, 3.63) is 35.4 Å². The molecule has 1 heterocycles. The lowest BCUT2D eigenvalue weighted by Crippen LogP contribution is -2.48. The van der Waals surface area contributed by atoms with Gasteiger partial charge in [0.25, 0.3) is 0 Å². The van der Waals surface area contributed by atoms with E-state index < -0.39 is 0 Å². The van der Waals surface area contributed by atoms with Crippen LogP contribution in [0, 0.1) is 5.92 Å². The highest BCUT2D eigenvalue weighted by atomic mass is 16.2. The molecule has 0 radical (unpaired) electrons. The lowest BCUT2D eigenvalue weighted by molar-refractivity contribution is -0.135. The molecule has 1 atom stereocenters. The number of benzene rings is 1. The second-order valence-electron chi connectivity index (χ2n) is 6.74. The van der Waals surface area contributed by atoms with Crippen molar-refractivity contribution in [2.24, 2.45) is 5.92 Å². The summed E-state index contributed by atoms with van der Waals surface area (Å²) in [6, 6.07) is 8.99. The maximum atomic E-state index is 12.6. The van der Waals surface area contributed by atoms with Crippen LogP contribution in [0.1, 0.15) is 56.2 Å². The Bertz CT molecular complexity index is 493. The quantitative estimate of drug-likeness (QED) is 0.905. The molecule has 120 valence electrons. The average Bonchev–Trinajstić information content (AvgIpc) is 2.53. The average molecular weight is 300 g/mol. The third kappa shape index (κ3) is 3.52. The van der Waals surface area contributed by atoms with Gasteiger partial charge in [-0.15, -0.1) is 0 Å². The van der Waals surface area contributed by atoms with Crippen molar-refractivity contribution in [2.75, 3.05) is 19.6 Å². The van der Waals surface area contributed by atoms with Crippen LogP contribution in [-0.2, 0) is 11.2 Å². The van der Waals surface area contributed by atoms with Crippen LogP contribution < -0.4 is 5.32 Å². The zero-order valence-corrected chi connectivity index (χ0v) is 13.7. The Balaban J connectivity index is 1.65. The third-order valence-electron chi connectivity index (χ3n) is 5.33. The summed E-state index contributed by atoms with van der Waals surface area (Å²) < 4.78 is 0. The van der Waals surface area contributed by atoms with E-state index in [1.165, 1.54) is 30.4 Å². The highest BCUT2D eigenvalue weighted by molar-refractivity contribution is 5.77. The van der Waals surface area contributed by atoms with Gasteiger partial charge in [-0.3, -0.25) is 4.79 Å². The standard InChI is InChI=1S/C19H28N2O/c1-2-15-6-9-17(10-7-15)18-14-20-12-13-21(18)19(22)11-8-16-4-3-5-16/h6-7,9-10,16,18,20H,2-5,8,11-14H2,1H3. The number of piperazine rings is 1. The number of rotatable bonds is 5. The van der Waals surface area contributed by atoms with Gasteiger partial charge >= 0.3 is 0 Å². The van der Waals surface area contributed by atoms with Crippen molar-refractivity contribution < 1.29 is 4.79 Å². The van der Waals surface area contributed by atoms with Crippen LogP contribution in [0.5, 0.6) is 0 Å². The molecule has 1 amide bonds. The predicted octanol–water partition coefficient (Wildman–Crippen LogP) is 3.30. The summed E-state index contributed by atoms with van der Waals surface area (Å²) in [6.45, 7) is 4.80. The van der Waals surface area contributed by atoms with Crippen LogP contribution in [0.3, 0.4) is 0 Å². The molecule has 1 unspecified atom stereocenters. The number of carbonyl (C=O) groups excluding carboxylic acids is 1. The van der Waals surface area contributed by atoms with Crippen molar-refractivity contribution in [3.8, 4) is 0 Å². The molecule has 3 heteroatoms. The molecule has 0 bridgehead atoms. The van der Waals surface area contributed by atoms with Gasteiger partial charge < -0.3 is 10.2 Å². The molecule has 1 N–H and O–H groups in total. The number of hydrogen-bond donors (Lipinski definition) is 1. The molecule has 1 aliphatic heterocycles. The van der Waals surface area contributed by atoms with E-state index in [1.54, 1.807) is 0 Å². The van der Waals surface area contributed by atoms with Gasteiger partial charge in [0.2, 0.25) is 5.91 Å². The first-order valence-electron chi connectivity index (χ1n) is 8.87. The fourth-order valence-electron chi connectivity index (χ4n) is 3.53. The van der Waals surface area contributed by atoms with Gasteiger partial charge in [0.05, 0.1) is 6.04 Å². The Morgan fingerprint density at radius 2 is 2.05 bits per heavy atom. The molecular weight excluding hydrogens is 272 g/mol. The number of nitrogens with zero attached hydrogens (tertiary/aromatic N) is 1. The Hall–Kier alpha value is -1.35. The SMILES string of the molecule is CCc1ccc(C2CNCCN2C(=O)CCC2CCC2)cc1. The summed E-state index contributed by atoms with van der Waals surface area (Å²) in [5, 5.41) is 3.44. The highest BCUT2D eigenvalue weighted by Crippen LogP contribution is 2.31. The van der Waals surface area contributed by atoms with Crippen molar-refractivity contribution in [3.63, 3.8) is 0 Å². The van der Waals surface area contributed by atoms with Gasteiger partial charge in [0.15, 0.2) is 0 Å². The van der Waals surface area contributed by atoms with E-state index in [4.69, 9.17) is 0 Å². The first kappa shape index (κ1) is 15.5. The molecule has 1 aromatic rings. The van der Waals surface area contributed by atoms with Crippen LogP contribution >= 0.6 is 0 Å². The summed E-state index contributed by atoms with van der Waals surface area (Å²) in [5.74, 6) is 1.16. The molecule has 0 spiro atoms. The van der Waals surface area contributed by atoms with Crippen LogP contribution in [0.4, 0.5) is 0 Å². The molecule has 2 aliphatic rings. The molecule has 1 saturated carbocycles. The van der Waals surface area contributed by atoms with Crippen LogP contribution in [0.15, 0.2) is 24.3 Å². The Labute approximate surface area is 134 Å². The van der Waals surface area contributed by atoms with Crippen LogP contribution in [0.2, 0.25) is 0 Å². The molecule has 1 saturated heterocycles. The second kappa shape index (κ2) is 7.28. The van der Waals surface area contributed by atoms with Gasteiger partial charge in [0.1, 0.15) is 0 Å². The van der Waals surface area contributed by atoms with Crippen molar-refractivity contribution in [2.45, 2.75) is 51.5 Å². The molecule has 3 rings (SSSR count). The van der Waals surface area contributed by atoms with Crippen molar-refractivity contribution in [1.82, 2.24) is 10.2 Å². The van der Waals surface area contributed by atoms with E-state index in [0.29, 0.717) is 5.91 Å².